The minimum Gasteiger partial charge on any atom is -0.492 e. The average molecular weight is 478 g/mol. The van der Waals surface area contributed by atoms with Gasteiger partial charge < -0.3 is 15.2 Å². The number of aromatic nitrogens is 5. The fraction of sp³-hybridized carbons (Fsp3) is 0.360. The first-order valence-electron chi connectivity index (χ1n) is 12.0. The number of aliphatic carboxylic acids is 1. The van der Waals surface area contributed by atoms with Crippen LogP contribution in [0.5, 0.6) is 5.75 Å². The quantitative estimate of drug-likeness (QED) is 0.373. The number of hydrogen-bond donors (Lipinski definition) is 2. The Morgan fingerprint density at radius 2 is 1.89 bits per heavy atom. The lowest BCUT2D eigenvalue weighted by atomic mass is 10.2. The van der Waals surface area contributed by atoms with Crippen LogP contribution in [-0.4, -0.2) is 66.6 Å². The smallest absolute Gasteiger partial charge is 0.325 e. The van der Waals surface area contributed by atoms with Crippen molar-refractivity contribution in [1.82, 2.24) is 29.3 Å². The maximum Gasteiger partial charge on any atom is 0.325 e. The number of anilines is 2. The van der Waals surface area contributed by atoms with Gasteiger partial charge in [-0.3, -0.25) is 14.4 Å². The SMILES string of the molecule is CC.O=C(O)Cn1cc(-c2cccc3nc(Nc4ccc(OCCN5CCCC5)cc4)nn23)cn1. The van der Waals surface area contributed by atoms with Gasteiger partial charge in [-0.15, -0.1) is 5.10 Å². The van der Waals surface area contributed by atoms with E-state index in [0.717, 1.165) is 29.2 Å². The molecule has 35 heavy (non-hydrogen) atoms. The molecule has 5 rings (SSSR count). The van der Waals surface area contributed by atoms with E-state index in [1.54, 1.807) is 16.9 Å². The second kappa shape index (κ2) is 11.5. The highest BCUT2D eigenvalue weighted by molar-refractivity contribution is 5.67. The van der Waals surface area contributed by atoms with Crippen molar-refractivity contribution in [3.63, 3.8) is 0 Å². The predicted molar refractivity (Wildman–Crippen MR) is 134 cm³/mol. The molecular weight excluding hydrogens is 446 g/mol. The van der Waals surface area contributed by atoms with Crippen LogP contribution < -0.4 is 10.1 Å². The molecule has 0 spiro atoms. The van der Waals surface area contributed by atoms with Gasteiger partial charge in [0.05, 0.1) is 11.9 Å². The van der Waals surface area contributed by atoms with Gasteiger partial charge in [-0.1, -0.05) is 19.9 Å². The van der Waals surface area contributed by atoms with E-state index in [1.165, 1.54) is 30.6 Å². The third kappa shape index (κ3) is 6.15. The summed E-state index contributed by atoms with van der Waals surface area (Å²) in [6, 6.07) is 13.4. The highest BCUT2D eigenvalue weighted by Gasteiger charge is 2.12. The molecule has 4 aromatic rings. The Bertz CT molecular complexity index is 1240. The molecule has 0 radical (unpaired) electrons. The molecule has 1 fully saturated rings. The lowest BCUT2D eigenvalue weighted by Crippen LogP contribution is -2.25. The van der Waals surface area contributed by atoms with Crippen molar-refractivity contribution in [2.24, 2.45) is 0 Å². The molecule has 10 heteroatoms. The summed E-state index contributed by atoms with van der Waals surface area (Å²) in [6.07, 6.45) is 5.87. The van der Waals surface area contributed by atoms with Crippen LogP contribution in [0.4, 0.5) is 11.6 Å². The summed E-state index contributed by atoms with van der Waals surface area (Å²) in [5.74, 6) is 0.351. The zero-order chi connectivity index (χ0) is 24.6. The van der Waals surface area contributed by atoms with Crippen molar-refractivity contribution in [2.75, 3.05) is 31.6 Å². The molecule has 4 heterocycles. The molecule has 0 saturated carbocycles. The highest BCUT2D eigenvalue weighted by atomic mass is 16.5. The largest absolute Gasteiger partial charge is 0.492 e. The normalized spacial score (nSPS) is 13.4. The Hall–Kier alpha value is -3.92. The molecule has 184 valence electrons. The molecule has 1 aromatic carbocycles. The van der Waals surface area contributed by atoms with Crippen LogP contribution in [0, 0.1) is 0 Å². The molecule has 0 amide bonds. The molecule has 2 N–H and O–H groups in total. The molecule has 10 nitrogen and oxygen atoms in total. The predicted octanol–water partition coefficient (Wildman–Crippen LogP) is 3.92. The Labute approximate surface area is 204 Å². The first kappa shape index (κ1) is 24.2. The van der Waals surface area contributed by atoms with E-state index in [1.807, 2.05) is 56.3 Å². The van der Waals surface area contributed by atoms with Gasteiger partial charge in [-0.05, 0) is 62.3 Å². The zero-order valence-corrected chi connectivity index (χ0v) is 20.1. The number of carboxylic acids is 1. The van der Waals surface area contributed by atoms with Gasteiger partial charge in [0.15, 0.2) is 5.65 Å². The maximum absolute atomic E-state index is 10.9. The van der Waals surface area contributed by atoms with Crippen LogP contribution in [-0.2, 0) is 11.3 Å². The number of likely N-dealkylation sites (tertiary alicyclic amines) is 1. The fourth-order valence-electron chi connectivity index (χ4n) is 3.96. The Morgan fingerprint density at radius 3 is 2.63 bits per heavy atom. The van der Waals surface area contributed by atoms with Crippen LogP contribution in [0.25, 0.3) is 16.9 Å². The van der Waals surface area contributed by atoms with Gasteiger partial charge >= 0.3 is 5.97 Å². The highest BCUT2D eigenvalue weighted by Crippen LogP contribution is 2.23. The molecule has 1 saturated heterocycles. The lowest BCUT2D eigenvalue weighted by molar-refractivity contribution is -0.137. The molecule has 0 aliphatic carbocycles. The number of nitrogens with zero attached hydrogens (tertiary/aromatic N) is 6. The second-order valence-corrected chi connectivity index (χ2v) is 7.98. The van der Waals surface area contributed by atoms with Crippen molar-refractivity contribution in [2.45, 2.75) is 33.2 Å². The second-order valence-electron chi connectivity index (χ2n) is 7.98. The van der Waals surface area contributed by atoms with Crippen molar-refractivity contribution in [3.05, 3.63) is 54.9 Å². The van der Waals surface area contributed by atoms with Crippen molar-refractivity contribution >= 4 is 23.3 Å². The Morgan fingerprint density at radius 1 is 1.11 bits per heavy atom. The van der Waals surface area contributed by atoms with Crippen LogP contribution in [0.2, 0.25) is 0 Å². The zero-order valence-electron chi connectivity index (χ0n) is 20.1. The molecular formula is C25H31N7O3. The number of nitrogens with one attached hydrogen (secondary N) is 1. The van der Waals surface area contributed by atoms with Gasteiger partial charge in [0.1, 0.15) is 18.9 Å². The van der Waals surface area contributed by atoms with E-state index in [-0.39, 0.29) is 6.54 Å². The third-order valence-electron chi connectivity index (χ3n) is 5.57. The number of pyridine rings is 1. The molecule has 0 unspecified atom stereocenters. The van der Waals surface area contributed by atoms with E-state index < -0.39 is 5.97 Å². The molecule has 1 aliphatic rings. The monoisotopic (exact) mass is 477 g/mol. The minimum atomic E-state index is -0.946. The fourth-order valence-corrected chi connectivity index (χ4v) is 3.96. The number of carboxylic acid groups (broad SMARTS) is 1. The number of rotatable bonds is 9. The van der Waals surface area contributed by atoms with E-state index in [0.29, 0.717) is 18.2 Å². The summed E-state index contributed by atoms with van der Waals surface area (Å²) < 4.78 is 8.95. The number of hydrogen-bond acceptors (Lipinski definition) is 7. The van der Waals surface area contributed by atoms with Gasteiger partial charge in [-0.25, -0.2) is 4.52 Å². The van der Waals surface area contributed by atoms with Crippen LogP contribution in [0.3, 0.4) is 0 Å². The van der Waals surface area contributed by atoms with Gasteiger partial charge in [0.25, 0.3) is 0 Å². The number of fused-ring (bicyclic) bond motifs is 1. The first-order valence-corrected chi connectivity index (χ1v) is 12.0. The van der Waals surface area contributed by atoms with Crippen molar-refractivity contribution < 1.29 is 14.6 Å². The summed E-state index contributed by atoms with van der Waals surface area (Å²) >= 11 is 0. The van der Waals surface area contributed by atoms with Gasteiger partial charge in [0.2, 0.25) is 5.95 Å². The standard InChI is InChI=1S/C23H25N7O3.C2H6/c31-22(32)16-29-15-17(14-24-29)20-4-3-5-21-26-23(27-30(20)21)25-18-6-8-19(9-7-18)33-13-12-28-10-1-2-11-28;1-2/h3-9,14-15H,1-2,10-13,16H2,(H,25,27)(H,31,32);1-2H3. The summed E-state index contributed by atoms with van der Waals surface area (Å²) in [6.45, 7) is 7.79. The average Bonchev–Trinajstić information content (AvgIpc) is 3.62. The topological polar surface area (TPSA) is 110 Å². The van der Waals surface area contributed by atoms with Gasteiger partial charge in [0, 0.05) is 24.0 Å². The third-order valence-corrected chi connectivity index (χ3v) is 5.57. The number of carbonyl (C=O) groups is 1. The molecule has 0 atom stereocenters. The lowest BCUT2D eigenvalue weighted by Gasteiger charge is -2.15. The van der Waals surface area contributed by atoms with Crippen LogP contribution >= 0.6 is 0 Å². The van der Waals surface area contributed by atoms with E-state index >= 15 is 0 Å². The first-order chi connectivity index (χ1) is 17.1. The number of benzene rings is 1. The summed E-state index contributed by atoms with van der Waals surface area (Å²) in [4.78, 5) is 17.9. The van der Waals surface area contributed by atoms with E-state index in [9.17, 15) is 4.79 Å². The summed E-state index contributed by atoms with van der Waals surface area (Å²) in [7, 11) is 0. The van der Waals surface area contributed by atoms with Crippen LogP contribution in [0.15, 0.2) is 54.9 Å². The Kier molecular flexibility index (Phi) is 7.94. The minimum absolute atomic E-state index is 0.196. The van der Waals surface area contributed by atoms with E-state index in [2.05, 4.69) is 25.4 Å². The van der Waals surface area contributed by atoms with E-state index in [4.69, 9.17) is 9.84 Å². The van der Waals surface area contributed by atoms with Crippen molar-refractivity contribution in [1.29, 1.82) is 0 Å². The van der Waals surface area contributed by atoms with Crippen molar-refractivity contribution in [3.8, 4) is 17.0 Å². The Balaban J connectivity index is 0.00000141. The molecule has 0 bridgehead atoms. The summed E-state index contributed by atoms with van der Waals surface area (Å²) in [5.41, 5.74) is 3.05. The maximum atomic E-state index is 10.9. The van der Waals surface area contributed by atoms with Gasteiger partial charge in [-0.2, -0.15) is 10.1 Å². The molecule has 3 aromatic heterocycles. The number of ether oxygens (including phenoxy) is 1. The molecule has 1 aliphatic heterocycles. The van der Waals surface area contributed by atoms with Crippen LogP contribution in [0.1, 0.15) is 26.7 Å². The summed E-state index contributed by atoms with van der Waals surface area (Å²) in [5, 5.41) is 20.9.